The molecule has 0 spiro atoms. The van der Waals surface area contributed by atoms with Gasteiger partial charge in [0.1, 0.15) is 11.5 Å². The molecule has 0 aliphatic carbocycles. The van der Waals surface area contributed by atoms with Gasteiger partial charge in [0.25, 0.3) is 5.91 Å². The van der Waals surface area contributed by atoms with Crippen molar-refractivity contribution in [3.63, 3.8) is 0 Å². The van der Waals surface area contributed by atoms with Crippen LogP contribution in [0.2, 0.25) is 0 Å². The third kappa shape index (κ3) is 5.50. The number of benzene rings is 2. The molecule has 0 unspecified atom stereocenters. The maximum Gasteiger partial charge on any atom is 0.319 e. The van der Waals surface area contributed by atoms with Crippen molar-refractivity contribution in [2.75, 3.05) is 24.9 Å². The highest BCUT2D eigenvalue weighted by Gasteiger charge is 2.14. The van der Waals surface area contributed by atoms with Crippen LogP contribution in [-0.2, 0) is 0 Å². The largest absolute Gasteiger partial charge is 0.497 e. The lowest BCUT2D eigenvalue weighted by atomic mass is 10.2. The van der Waals surface area contributed by atoms with E-state index in [4.69, 9.17) is 9.47 Å². The Kier molecular flexibility index (Phi) is 6.71. The van der Waals surface area contributed by atoms with E-state index in [9.17, 15) is 9.59 Å². The molecule has 1 aromatic heterocycles. The van der Waals surface area contributed by atoms with E-state index in [-0.39, 0.29) is 23.9 Å². The van der Waals surface area contributed by atoms with Gasteiger partial charge in [-0.2, -0.15) is 4.98 Å². The molecule has 162 valence electrons. The van der Waals surface area contributed by atoms with E-state index in [2.05, 4.69) is 31.1 Å². The lowest BCUT2D eigenvalue weighted by molar-refractivity contribution is 0.102. The summed E-state index contributed by atoms with van der Waals surface area (Å²) in [4.78, 5) is 28.6. The fourth-order valence-electron chi connectivity index (χ4n) is 2.74. The number of methoxy groups -OCH3 is 2. The monoisotopic (exact) mass is 424 g/mol. The number of carbonyl (C=O) groups excluding carboxylic acids is 2. The molecule has 31 heavy (non-hydrogen) atoms. The number of nitrogens with zero attached hydrogens (tertiary/aromatic N) is 2. The van der Waals surface area contributed by atoms with E-state index in [0.717, 1.165) is 0 Å². The number of H-pyrrole nitrogens is 1. The third-order valence-electron chi connectivity index (χ3n) is 4.20. The van der Waals surface area contributed by atoms with E-state index >= 15 is 0 Å². The summed E-state index contributed by atoms with van der Waals surface area (Å²) in [6.07, 6.45) is 0. The number of anilines is 2. The first-order chi connectivity index (χ1) is 14.9. The number of hydrogen-bond donors (Lipinski definition) is 4. The summed E-state index contributed by atoms with van der Waals surface area (Å²) in [7, 11) is 3.11. The van der Waals surface area contributed by atoms with Crippen LogP contribution in [0.25, 0.3) is 11.4 Å². The van der Waals surface area contributed by atoms with Crippen molar-refractivity contribution in [2.24, 2.45) is 0 Å². The first kappa shape index (κ1) is 21.6. The van der Waals surface area contributed by atoms with Crippen LogP contribution in [0, 0.1) is 0 Å². The van der Waals surface area contributed by atoms with Gasteiger partial charge in [-0.15, -0.1) is 5.10 Å². The number of hydrogen-bond acceptors (Lipinski definition) is 6. The molecule has 0 aliphatic heterocycles. The van der Waals surface area contributed by atoms with Gasteiger partial charge in [-0.25, -0.2) is 4.79 Å². The molecular weight excluding hydrogens is 400 g/mol. The Bertz CT molecular complexity index is 1060. The second-order valence-corrected chi connectivity index (χ2v) is 6.86. The van der Waals surface area contributed by atoms with E-state index in [1.807, 2.05) is 13.8 Å². The maximum absolute atomic E-state index is 12.5. The fraction of sp³-hybridized carbons (Fsp3) is 0.238. The molecule has 3 aromatic rings. The first-order valence-corrected chi connectivity index (χ1v) is 9.53. The van der Waals surface area contributed by atoms with Crippen molar-refractivity contribution in [3.8, 4) is 22.9 Å². The molecule has 1 heterocycles. The number of rotatable bonds is 7. The van der Waals surface area contributed by atoms with Crippen LogP contribution in [-0.4, -0.2) is 47.4 Å². The summed E-state index contributed by atoms with van der Waals surface area (Å²) in [6, 6.07) is 11.5. The average molecular weight is 424 g/mol. The zero-order chi connectivity index (χ0) is 22.4. The summed E-state index contributed by atoms with van der Waals surface area (Å²) in [5.41, 5.74) is 1.64. The zero-order valence-electron chi connectivity index (χ0n) is 17.6. The van der Waals surface area contributed by atoms with Crippen LogP contribution >= 0.6 is 0 Å². The van der Waals surface area contributed by atoms with Gasteiger partial charge in [0.2, 0.25) is 5.95 Å². The predicted octanol–water partition coefficient (Wildman–Crippen LogP) is 3.27. The lowest BCUT2D eigenvalue weighted by Crippen LogP contribution is -2.34. The number of ether oxygens (including phenoxy) is 2. The molecule has 0 saturated carbocycles. The molecule has 0 atom stereocenters. The summed E-state index contributed by atoms with van der Waals surface area (Å²) in [5.74, 6) is 1.37. The van der Waals surface area contributed by atoms with Crippen molar-refractivity contribution in [3.05, 3.63) is 48.0 Å². The van der Waals surface area contributed by atoms with Gasteiger partial charge in [0.15, 0.2) is 5.82 Å². The van der Waals surface area contributed by atoms with E-state index in [0.29, 0.717) is 34.1 Å². The first-order valence-electron chi connectivity index (χ1n) is 9.53. The van der Waals surface area contributed by atoms with Gasteiger partial charge in [0, 0.05) is 23.4 Å². The van der Waals surface area contributed by atoms with Crippen molar-refractivity contribution in [1.82, 2.24) is 20.5 Å². The summed E-state index contributed by atoms with van der Waals surface area (Å²) in [6.45, 7) is 3.73. The Morgan fingerprint density at radius 3 is 2.39 bits per heavy atom. The Labute approximate surface area is 179 Å². The Morgan fingerprint density at radius 1 is 1.00 bits per heavy atom. The quantitative estimate of drug-likeness (QED) is 0.460. The van der Waals surface area contributed by atoms with E-state index < -0.39 is 0 Å². The van der Waals surface area contributed by atoms with Crippen LogP contribution in [0.5, 0.6) is 11.5 Å². The molecule has 0 fully saturated rings. The van der Waals surface area contributed by atoms with Crippen molar-refractivity contribution in [2.45, 2.75) is 19.9 Å². The van der Waals surface area contributed by atoms with Gasteiger partial charge in [-0.05, 0) is 50.2 Å². The highest BCUT2D eigenvalue weighted by Crippen LogP contribution is 2.31. The lowest BCUT2D eigenvalue weighted by Gasteiger charge is -2.10. The third-order valence-corrected chi connectivity index (χ3v) is 4.20. The molecule has 0 saturated heterocycles. The molecule has 0 radical (unpaired) electrons. The minimum absolute atomic E-state index is 0.0224. The summed E-state index contributed by atoms with van der Waals surface area (Å²) < 4.78 is 10.6. The minimum atomic E-state index is -0.384. The van der Waals surface area contributed by atoms with Crippen LogP contribution in [0.1, 0.15) is 24.2 Å². The number of amides is 3. The van der Waals surface area contributed by atoms with Crippen LogP contribution in [0.15, 0.2) is 42.5 Å². The van der Waals surface area contributed by atoms with E-state index in [1.54, 1.807) is 56.7 Å². The molecule has 3 amide bonds. The van der Waals surface area contributed by atoms with Crippen LogP contribution in [0.3, 0.4) is 0 Å². The smallest absolute Gasteiger partial charge is 0.319 e. The highest BCUT2D eigenvalue weighted by molar-refractivity contribution is 6.03. The van der Waals surface area contributed by atoms with Gasteiger partial charge >= 0.3 is 6.03 Å². The fourth-order valence-corrected chi connectivity index (χ4v) is 2.74. The van der Waals surface area contributed by atoms with Gasteiger partial charge in [-0.3, -0.25) is 15.2 Å². The predicted molar refractivity (Wildman–Crippen MR) is 117 cm³/mol. The molecule has 0 bridgehead atoms. The zero-order valence-corrected chi connectivity index (χ0v) is 17.6. The highest BCUT2D eigenvalue weighted by atomic mass is 16.5. The molecular formula is C21H24N6O4. The van der Waals surface area contributed by atoms with Gasteiger partial charge in [0.05, 0.1) is 19.8 Å². The molecule has 10 nitrogen and oxygen atoms in total. The number of nitrogens with one attached hydrogen (secondary N) is 4. The number of carbonyl (C=O) groups is 2. The average Bonchev–Trinajstić information content (AvgIpc) is 3.21. The molecule has 0 aliphatic rings. The standard InChI is InChI=1S/C21H24N6O4/c1-12(2)22-21(29)23-14-7-5-13(6-8-14)19(28)25-20-24-18(26-27-20)16-10-9-15(30-3)11-17(16)31-4/h5-12H,1-4H3,(H2,22,23,29)(H2,24,25,26,27,28). The Balaban J connectivity index is 1.67. The van der Waals surface area contributed by atoms with Crippen LogP contribution < -0.4 is 25.4 Å². The number of urea groups is 1. The van der Waals surface area contributed by atoms with Gasteiger partial charge < -0.3 is 20.1 Å². The molecule has 2 aromatic carbocycles. The Morgan fingerprint density at radius 2 is 1.74 bits per heavy atom. The minimum Gasteiger partial charge on any atom is -0.497 e. The second-order valence-electron chi connectivity index (χ2n) is 6.86. The van der Waals surface area contributed by atoms with Crippen molar-refractivity contribution in [1.29, 1.82) is 0 Å². The van der Waals surface area contributed by atoms with Crippen molar-refractivity contribution >= 4 is 23.6 Å². The van der Waals surface area contributed by atoms with E-state index in [1.165, 1.54) is 0 Å². The topological polar surface area (TPSA) is 130 Å². The Hall–Kier alpha value is -4.08. The summed E-state index contributed by atoms with van der Waals surface area (Å²) in [5, 5.41) is 14.9. The molecule has 10 heteroatoms. The summed E-state index contributed by atoms with van der Waals surface area (Å²) >= 11 is 0. The van der Waals surface area contributed by atoms with Crippen molar-refractivity contribution < 1.29 is 19.1 Å². The molecule has 3 rings (SSSR count). The SMILES string of the molecule is COc1ccc(-c2nc(NC(=O)c3ccc(NC(=O)NC(C)C)cc3)n[nH]2)c(OC)c1. The normalized spacial score (nSPS) is 10.5. The number of aromatic nitrogens is 3. The van der Waals surface area contributed by atoms with Crippen LogP contribution in [0.4, 0.5) is 16.4 Å². The van der Waals surface area contributed by atoms with Gasteiger partial charge in [-0.1, -0.05) is 0 Å². The second kappa shape index (κ2) is 9.61. The number of aromatic amines is 1. The maximum atomic E-state index is 12.5. The molecule has 4 N–H and O–H groups in total.